The molecule has 5 nitrogen and oxygen atoms in total. The summed E-state index contributed by atoms with van der Waals surface area (Å²) in [6, 6.07) is 6.68. The van der Waals surface area contributed by atoms with E-state index in [1.54, 1.807) is 24.3 Å². The SMILES string of the molecule is COC(=O)CC1CNc2ccccc2S1(=O)=O. The molecular formula is C11H13NO4S. The van der Waals surface area contributed by atoms with E-state index in [1.807, 2.05) is 0 Å². The second-order valence-electron chi connectivity index (χ2n) is 3.82. The van der Waals surface area contributed by atoms with Crippen LogP contribution in [0.2, 0.25) is 0 Å². The van der Waals surface area contributed by atoms with Crippen LogP contribution in [0.5, 0.6) is 0 Å². The molecular weight excluding hydrogens is 242 g/mol. The molecule has 0 spiro atoms. The van der Waals surface area contributed by atoms with Crippen molar-refractivity contribution in [3.05, 3.63) is 24.3 Å². The predicted octanol–water partition coefficient (Wildman–Crippen LogP) is 0.818. The van der Waals surface area contributed by atoms with E-state index in [9.17, 15) is 13.2 Å². The first-order valence-corrected chi connectivity index (χ1v) is 6.74. The van der Waals surface area contributed by atoms with Crippen molar-refractivity contribution in [1.29, 1.82) is 0 Å². The number of hydrogen-bond donors (Lipinski definition) is 1. The molecule has 1 N–H and O–H groups in total. The Morgan fingerprint density at radius 2 is 2.18 bits per heavy atom. The molecule has 0 aromatic heterocycles. The number of esters is 1. The minimum absolute atomic E-state index is 0.125. The van der Waals surface area contributed by atoms with Crippen LogP contribution in [0.25, 0.3) is 0 Å². The number of fused-ring (bicyclic) bond motifs is 1. The summed E-state index contributed by atoms with van der Waals surface area (Å²) in [5.41, 5.74) is 0.591. The fourth-order valence-electron chi connectivity index (χ4n) is 1.82. The van der Waals surface area contributed by atoms with Crippen molar-refractivity contribution in [2.75, 3.05) is 19.0 Å². The zero-order valence-electron chi connectivity index (χ0n) is 9.34. The highest BCUT2D eigenvalue weighted by molar-refractivity contribution is 7.92. The molecule has 0 saturated heterocycles. The first kappa shape index (κ1) is 11.9. The van der Waals surface area contributed by atoms with Crippen LogP contribution in [0.4, 0.5) is 5.69 Å². The van der Waals surface area contributed by atoms with Gasteiger partial charge in [-0.25, -0.2) is 8.42 Å². The first-order chi connectivity index (χ1) is 8.05. The summed E-state index contributed by atoms with van der Waals surface area (Å²) in [5.74, 6) is -0.514. The number of hydrogen-bond acceptors (Lipinski definition) is 5. The van der Waals surface area contributed by atoms with Gasteiger partial charge in [0.05, 0.1) is 29.4 Å². The van der Waals surface area contributed by atoms with Gasteiger partial charge in [0, 0.05) is 6.54 Å². The van der Waals surface area contributed by atoms with E-state index >= 15 is 0 Å². The maximum atomic E-state index is 12.2. The molecule has 1 aromatic carbocycles. The molecule has 1 aliphatic heterocycles. The number of rotatable bonds is 2. The second kappa shape index (κ2) is 4.37. The van der Waals surface area contributed by atoms with Gasteiger partial charge in [0.1, 0.15) is 0 Å². The monoisotopic (exact) mass is 255 g/mol. The number of benzene rings is 1. The van der Waals surface area contributed by atoms with Gasteiger partial charge >= 0.3 is 5.97 Å². The topological polar surface area (TPSA) is 72.5 Å². The maximum Gasteiger partial charge on any atom is 0.306 e. The summed E-state index contributed by atoms with van der Waals surface area (Å²) in [4.78, 5) is 11.4. The minimum Gasteiger partial charge on any atom is -0.469 e. The zero-order chi connectivity index (χ0) is 12.5. The van der Waals surface area contributed by atoms with Crippen LogP contribution in [0.15, 0.2) is 29.2 Å². The summed E-state index contributed by atoms with van der Waals surface area (Å²) >= 11 is 0. The van der Waals surface area contributed by atoms with E-state index in [4.69, 9.17) is 0 Å². The highest BCUT2D eigenvalue weighted by Crippen LogP contribution is 2.30. The van der Waals surface area contributed by atoms with Gasteiger partial charge in [0.15, 0.2) is 9.84 Å². The van der Waals surface area contributed by atoms with Crippen LogP contribution < -0.4 is 5.32 Å². The molecule has 92 valence electrons. The van der Waals surface area contributed by atoms with Crippen molar-refractivity contribution in [2.45, 2.75) is 16.6 Å². The van der Waals surface area contributed by atoms with Crippen LogP contribution in [0, 0.1) is 0 Å². The van der Waals surface area contributed by atoms with E-state index in [0.29, 0.717) is 5.69 Å². The standard InChI is InChI=1S/C11H13NO4S/c1-16-11(13)6-8-7-12-9-4-2-3-5-10(9)17(8,14)15/h2-5,8,12H,6-7H2,1H3. The molecule has 6 heteroatoms. The molecule has 1 heterocycles. The van der Waals surface area contributed by atoms with Gasteiger partial charge in [-0.2, -0.15) is 0 Å². The fraction of sp³-hybridized carbons (Fsp3) is 0.364. The van der Waals surface area contributed by atoms with E-state index in [-0.39, 0.29) is 17.9 Å². The number of sulfone groups is 1. The third-order valence-electron chi connectivity index (χ3n) is 2.77. The summed E-state index contributed by atoms with van der Waals surface area (Å²) in [7, 11) is -2.20. The van der Waals surface area contributed by atoms with Gasteiger partial charge in [0.2, 0.25) is 0 Å². The van der Waals surface area contributed by atoms with Gasteiger partial charge in [-0.1, -0.05) is 12.1 Å². The van der Waals surface area contributed by atoms with Gasteiger partial charge in [-0.3, -0.25) is 4.79 Å². The second-order valence-corrected chi connectivity index (χ2v) is 6.02. The lowest BCUT2D eigenvalue weighted by Crippen LogP contribution is -2.36. The molecule has 1 atom stereocenters. The van der Waals surface area contributed by atoms with Gasteiger partial charge in [-0.05, 0) is 12.1 Å². The summed E-state index contributed by atoms with van der Waals surface area (Å²) in [6.45, 7) is 0.231. The lowest BCUT2D eigenvalue weighted by atomic mass is 10.2. The number of carbonyl (C=O) groups excluding carboxylic acids is 1. The Kier molecular flexibility index (Phi) is 3.06. The predicted molar refractivity (Wildman–Crippen MR) is 62.5 cm³/mol. The Bertz CT molecular complexity index is 538. The van der Waals surface area contributed by atoms with Crippen molar-refractivity contribution in [2.24, 2.45) is 0 Å². The van der Waals surface area contributed by atoms with E-state index in [0.717, 1.165) is 0 Å². The molecule has 17 heavy (non-hydrogen) atoms. The summed E-state index contributed by atoms with van der Waals surface area (Å²) < 4.78 is 28.9. The van der Waals surface area contributed by atoms with Gasteiger partial charge < -0.3 is 10.1 Å². The molecule has 0 saturated carbocycles. The molecule has 0 amide bonds. The van der Waals surface area contributed by atoms with Crippen LogP contribution >= 0.6 is 0 Å². The van der Waals surface area contributed by atoms with E-state index < -0.39 is 21.1 Å². The van der Waals surface area contributed by atoms with Crippen molar-refractivity contribution in [3.63, 3.8) is 0 Å². The number of anilines is 1. The molecule has 0 fully saturated rings. The van der Waals surface area contributed by atoms with Crippen LogP contribution in [0.1, 0.15) is 6.42 Å². The first-order valence-electron chi connectivity index (χ1n) is 5.19. The Morgan fingerprint density at radius 3 is 2.88 bits per heavy atom. The minimum atomic E-state index is -3.45. The average molecular weight is 255 g/mol. The van der Waals surface area contributed by atoms with E-state index in [1.165, 1.54) is 7.11 Å². The van der Waals surface area contributed by atoms with Crippen LogP contribution in [-0.2, 0) is 19.4 Å². The van der Waals surface area contributed by atoms with E-state index in [2.05, 4.69) is 10.1 Å². The molecule has 0 radical (unpaired) electrons. The van der Waals surface area contributed by atoms with Gasteiger partial charge in [-0.15, -0.1) is 0 Å². The largest absolute Gasteiger partial charge is 0.469 e. The van der Waals surface area contributed by atoms with Crippen molar-refractivity contribution in [1.82, 2.24) is 0 Å². The molecule has 1 aromatic rings. The smallest absolute Gasteiger partial charge is 0.306 e. The molecule has 1 unspecified atom stereocenters. The highest BCUT2D eigenvalue weighted by atomic mass is 32.2. The number of para-hydroxylation sites is 1. The molecule has 1 aliphatic rings. The van der Waals surface area contributed by atoms with Crippen LogP contribution in [-0.4, -0.2) is 33.3 Å². The van der Waals surface area contributed by atoms with Gasteiger partial charge in [0.25, 0.3) is 0 Å². The number of ether oxygens (including phenoxy) is 1. The third-order valence-corrected chi connectivity index (χ3v) is 4.95. The third kappa shape index (κ3) is 2.12. The maximum absolute atomic E-state index is 12.2. The Balaban J connectivity index is 2.35. The molecule has 0 aliphatic carbocycles. The Labute approximate surface area is 99.7 Å². The lowest BCUT2D eigenvalue weighted by Gasteiger charge is -2.25. The average Bonchev–Trinajstić information content (AvgIpc) is 2.33. The summed E-state index contributed by atoms with van der Waals surface area (Å²) in [5, 5.41) is 2.25. The van der Waals surface area contributed by atoms with Crippen molar-refractivity contribution in [3.8, 4) is 0 Å². The van der Waals surface area contributed by atoms with Crippen molar-refractivity contribution >= 4 is 21.5 Å². The summed E-state index contributed by atoms with van der Waals surface area (Å²) in [6.07, 6.45) is -0.125. The lowest BCUT2D eigenvalue weighted by molar-refractivity contribution is -0.140. The molecule has 2 rings (SSSR count). The normalized spacial score (nSPS) is 21.1. The highest BCUT2D eigenvalue weighted by Gasteiger charge is 2.35. The molecule has 0 bridgehead atoms. The van der Waals surface area contributed by atoms with Crippen LogP contribution in [0.3, 0.4) is 0 Å². The Morgan fingerprint density at radius 1 is 1.47 bits per heavy atom. The number of carbonyl (C=O) groups is 1. The van der Waals surface area contributed by atoms with Crippen molar-refractivity contribution < 1.29 is 17.9 Å². The quantitative estimate of drug-likeness (QED) is 0.792. The fourth-order valence-corrected chi connectivity index (χ4v) is 3.56. The number of methoxy groups -OCH3 is 1. The zero-order valence-corrected chi connectivity index (χ0v) is 10.2. The number of nitrogens with one attached hydrogen (secondary N) is 1. The Hall–Kier alpha value is -1.56.